The average Bonchev–Trinajstić information content (AvgIpc) is 2.66. The van der Waals surface area contributed by atoms with Crippen molar-refractivity contribution in [2.24, 2.45) is 0 Å². The quantitative estimate of drug-likeness (QED) is 0.601. The van der Waals surface area contributed by atoms with Gasteiger partial charge in [-0.2, -0.15) is 0 Å². The van der Waals surface area contributed by atoms with Crippen LogP contribution in [0.1, 0.15) is 18.1 Å². The predicted octanol–water partition coefficient (Wildman–Crippen LogP) is 5.04. The molecule has 4 nitrogen and oxygen atoms in total. The summed E-state index contributed by atoms with van der Waals surface area (Å²) >= 11 is 19.6. The topological polar surface area (TPSA) is 49.4 Å². The van der Waals surface area contributed by atoms with E-state index < -0.39 is 6.04 Å². The van der Waals surface area contributed by atoms with E-state index in [0.717, 1.165) is 11.1 Å². The number of amides is 2. The third kappa shape index (κ3) is 6.59. The highest BCUT2D eigenvalue weighted by atomic mass is 35.5. The number of nitrogens with zero attached hydrogens (tertiary/aromatic N) is 1. The van der Waals surface area contributed by atoms with E-state index in [0.29, 0.717) is 27.4 Å². The standard InChI is InChI=1S/C20H21Cl3N2O2S/c1-13(20(27)24-2)25(10-14-4-3-5-16(21)8-14)19(26)12-28-11-15-6-7-17(22)9-18(15)23/h3-9,13H,10-12H2,1-2H3,(H,24,27). The molecule has 28 heavy (non-hydrogen) atoms. The molecule has 0 fully saturated rings. The van der Waals surface area contributed by atoms with E-state index >= 15 is 0 Å². The zero-order chi connectivity index (χ0) is 20.7. The highest BCUT2D eigenvalue weighted by molar-refractivity contribution is 7.99. The fourth-order valence-electron chi connectivity index (χ4n) is 2.59. The van der Waals surface area contributed by atoms with Crippen LogP contribution in [0, 0.1) is 0 Å². The van der Waals surface area contributed by atoms with Crippen molar-refractivity contribution in [3.05, 3.63) is 68.7 Å². The Bertz CT molecular complexity index is 848. The van der Waals surface area contributed by atoms with Crippen LogP contribution in [0.15, 0.2) is 42.5 Å². The van der Waals surface area contributed by atoms with Crippen molar-refractivity contribution in [2.75, 3.05) is 12.8 Å². The Labute approximate surface area is 184 Å². The summed E-state index contributed by atoms with van der Waals surface area (Å²) in [7, 11) is 1.55. The maximum Gasteiger partial charge on any atom is 0.242 e. The molecule has 0 saturated heterocycles. The first-order chi connectivity index (χ1) is 13.3. The van der Waals surface area contributed by atoms with E-state index in [1.54, 1.807) is 43.1 Å². The van der Waals surface area contributed by atoms with E-state index in [1.165, 1.54) is 11.8 Å². The van der Waals surface area contributed by atoms with Gasteiger partial charge in [-0.15, -0.1) is 11.8 Å². The lowest BCUT2D eigenvalue weighted by molar-refractivity contribution is -0.138. The Kier molecular flexibility index (Phi) is 8.96. The Morgan fingerprint density at radius 3 is 2.46 bits per heavy atom. The molecule has 0 aromatic heterocycles. The van der Waals surface area contributed by atoms with Gasteiger partial charge in [0.25, 0.3) is 0 Å². The van der Waals surface area contributed by atoms with E-state index in [4.69, 9.17) is 34.8 Å². The molecule has 0 spiro atoms. The van der Waals surface area contributed by atoms with Crippen LogP contribution >= 0.6 is 46.6 Å². The number of carbonyl (C=O) groups excluding carboxylic acids is 2. The molecule has 2 aromatic rings. The third-order valence-electron chi connectivity index (χ3n) is 4.15. The van der Waals surface area contributed by atoms with Crippen molar-refractivity contribution in [2.45, 2.75) is 25.3 Å². The maximum atomic E-state index is 12.9. The minimum Gasteiger partial charge on any atom is -0.357 e. The molecule has 0 aliphatic heterocycles. The molecule has 0 aliphatic rings. The molecule has 1 atom stereocenters. The predicted molar refractivity (Wildman–Crippen MR) is 118 cm³/mol. The van der Waals surface area contributed by atoms with E-state index in [2.05, 4.69) is 5.32 Å². The smallest absolute Gasteiger partial charge is 0.242 e. The second kappa shape index (κ2) is 11.0. The van der Waals surface area contributed by atoms with E-state index in [1.807, 2.05) is 18.2 Å². The molecular formula is C20H21Cl3N2O2S. The van der Waals surface area contributed by atoms with Crippen molar-refractivity contribution in [3.8, 4) is 0 Å². The van der Waals surface area contributed by atoms with Crippen molar-refractivity contribution in [1.82, 2.24) is 10.2 Å². The van der Waals surface area contributed by atoms with Crippen LogP contribution in [0.2, 0.25) is 15.1 Å². The molecule has 0 aliphatic carbocycles. The molecule has 8 heteroatoms. The third-order valence-corrected chi connectivity index (χ3v) is 5.94. The summed E-state index contributed by atoms with van der Waals surface area (Å²) in [6, 6.07) is 12.0. The molecule has 0 bridgehead atoms. The van der Waals surface area contributed by atoms with E-state index in [9.17, 15) is 9.59 Å². The Balaban J connectivity index is 2.06. The van der Waals surface area contributed by atoms with Crippen LogP contribution in [-0.2, 0) is 21.9 Å². The van der Waals surface area contributed by atoms with Gasteiger partial charge >= 0.3 is 0 Å². The molecule has 0 saturated carbocycles. The van der Waals surface area contributed by atoms with Gasteiger partial charge in [-0.25, -0.2) is 0 Å². The van der Waals surface area contributed by atoms with Gasteiger partial charge in [0.05, 0.1) is 5.75 Å². The summed E-state index contributed by atoms with van der Waals surface area (Å²) in [6.07, 6.45) is 0. The van der Waals surface area contributed by atoms with Crippen LogP contribution in [0.5, 0.6) is 0 Å². The first-order valence-corrected chi connectivity index (χ1v) is 10.9. The molecule has 150 valence electrons. The SMILES string of the molecule is CNC(=O)C(C)N(Cc1cccc(Cl)c1)C(=O)CSCc1ccc(Cl)cc1Cl. The number of thioether (sulfide) groups is 1. The normalized spacial score (nSPS) is 11.8. The van der Waals surface area contributed by atoms with Crippen molar-refractivity contribution in [3.63, 3.8) is 0 Å². The van der Waals surface area contributed by atoms with Gasteiger partial charge in [0.1, 0.15) is 6.04 Å². The monoisotopic (exact) mass is 458 g/mol. The summed E-state index contributed by atoms with van der Waals surface area (Å²) in [5.41, 5.74) is 1.77. The molecule has 0 radical (unpaired) electrons. The number of likely N-dealkylation sites (N-methyl/N-ethyl adjacent to an activating group) is 1. The van der Waals surface area contributed by atoms with Crippen LogP contribution in [0.4, 0.5) is 0 Å². The zero-order valence-corrected chi connectivity index (χ0v) is 18.6. The van der Waals surface area contributed by atoms with Gasteiger partial charge in [-0.05, 0) is 42.3 Å². The Morgan fingerprint density at radius 1 is 1.11 bits per heavy atom. The number of hydrogen-bond donors (Lipinski definition) is 1. The summed E-state index contributed by atoms with van der Waals surface area (Å²) in [6.45, 7) is 2.01. The number of carbonyl (C=O) groups is 2. The number of benzene rings is 2. The number of rotatable bonds is 8. The van der Waals surface area contributed by atoms with Crippen molar-refractivity contribution in [1.29, 1.82) is 0 Å². The van der Waals surface area contributed by atoms with Gasteiger partial charge in [-0.1, -0.05) is 53.0 Å². The summed E-state index contributed by atoms with van der Waals surface area (Å²) in [5.74, 6) is 0.439. The fourth-order valence-corrected chi connectivity index (χ4v) is 4.28. The lowest BCUT2D eigenvalue weighted by atomic mass is 10.1. The minimum atomic E-state index is -0.601. The molecule has 2 amide bonds. The van der Waals surface area contributed by atoms with Crippen LogP contribution in [0.3, 0.4) is 0 Å². The second-order valence-electron chi connectivity index (χ2n) is 6.17. The highest BCUT2D eigenvalue weighted by Gasteiger charge is 2.25. The number of nitrogens with one attached hydrogen (secondary N) is 1. The molecular weight excluding hydrogens is 439 g/mol. The van der Waals surface area contributed by atoms with Gasteiger partial charge in [-0.3, -0.25) is 9.59 Å². The highest BCUT2D eigenvalue weighted by Crippen LogP contribution is 2.25. The molecule has 1 unspecified atom stereocenters. The molecule has 2 aromatic carbocycles. The van der Waals surface area contributed by atoms with Gasteiger partial charge in [0.2, 0.25) is 11.8 Å². The lowest BCUT2D eigenvalue weighted by Gasteiger charge is -2.28. The van der Waals surface area contributed by atoms with Crippen molar-refractivity contribution < 1.29 is 9.59 Å². The Morgan fingerprint density at radius 2 is 1.82 bits per heavy atom. The van der Waals surface area contributed by atoms with Gasteiger partial charge in [0.15, 0.2) is 0 Å². The lowest BCUT2D eigenvalue weighted by Crippen LogP contribution is -2.47. The minimum absolute atomic E-state index is 0.133. The first-order valence-electron chi connectivity index (χ1n) is 8.59. The average molecular weight is 460 g/mol. The van der Waals surface area contributed by atoms with Crippen LogP contribution in [0.25, 0.3) is 0 Å². The summed E-state index contributed by atoms with van der Waals surface area (Å²) in [4.78, 5) is 26.5. The first kappa shape index (κ1) is 22.9. The number of halogens is 3. The summed E-state index contributed by atoms with van der Waals surface area (Å²) < 4.78 is 0. The Hall–Kier alpha value is -1.40. The molecule has 1 N–H and O–H groups in total. The maximum absolute atomic E-state index is 12.9. The number of hydrogen-bond acceptors (Lipinski definition) is 3. The van der Waals surface area contributed by atoms with E-state index in [-0.39, 0.29) is 17.6 Å². The van der Waals surface area contributed by atoms with Crippen molar-refractivity contribution >= 4 is 58.4 Å². The fraction of sp³-hybridized carbons (Fsp3) is 0.300. The largest absolute Gasteiger partial charge is 0.357 e. The molecule has 0 heterocycles. The van der Waals surface area contributed by atoms with Gasteiger partial charge in [0, 0.05) is 34.4 Å². The summed E-state index contributed by atoms with van der Waals surface area (Å²) in [5, 5.41) is 4.33. The second-order valence-corrected chi connectivity index (χ2v) is 8.44. The van der Waals surface area contributed by atoms with Gasteiger partial charge < -0.3 is 10.2 Å². The van der Waals surface area contributed by atoms with Crippen LogP contribution < -0.4 is 5.32 Å². The van der Waals surface area contributed by atoms with Crippen LogP contribution in [-0.4, -0.2) is 35.6 Å². The zero-order valence-electron chi connectivity index (χ0n) is 15.5. The molecule has 2 rings (SSSR count).